The number of aromatic nitrogens is 2. The molecule has 0 radical (unpaired) electrons. The van der Waals surface area contributed by atoms with Gasteiger partial charge >= 0.3 is 0 Å². The van der Waals surface area contributed by atoms with Crippen LogP contribution in [0.1, 0.15) is 40.7 Å². The van der Waals surface area contributed by atoms with Crippen molar-refractivity contribution in [1.82, 2.24) is 14.7 Å². The zero-order valence-electron chi connectivity index (χ0n) is 15.3. The van der Waals surface area contributed by atoms with Gasteiger partial charge in [-0.1, -0.05) is 35.9 Å². The molecule has 1 aromatic carbocycles. The SMILES string of the molecule is CC(=O)Nc1c(-c2ccccn2)nsc1C(=O)N[C@@H](C)c1ccc(C)cc1. The second kappa shape index (κ2) is 8.09. The van der Waals surface area contributed by atoms with E-state index in [9.17, 15) is 9.59 Å². The minimum absolute atomic E-state index is 0.177. The molecule has 27 heavy (non-hydrogen) atoms. The molecule has 0 saturated heterocycles. The first-order valence-corrected chi connectivity index (χ1v) is 9.29. The summed E-state index contributed by atoms with van der Waals surface area (Å²) in [6.07, 6.45) is 1.64. The molecule has 2 N–H and O–H groups in total. The molecule has 0 saturated carbocycles. The quantitative estimate of drug-likeness (QED) is 0.702. The van der Waals surface area contributed by atoms with Gasteiger partial charge in [0, 0.05) is 13.1 Å². The monoisotopic (exact) mass is 380 g/mol. The average molecular weight is 380 g/mol. The Bertz CT molecular complexity index is 952. The molecule has 2 amide bonds. The Morgan fingerprint density at radius 3 is 2.48 bits per heavy atom. The van der Waals surface area contributed by atoms with Crippen LogP contribution in [0.3, 0.4) is 0 Å². The van der Waals surface area contributed by atoms with Crippen molar-refractivity contribution in [1.29, 1.82) is 0 Å². The Morgan fingerprint density at radius 1 is 1.11 bits per heavy atom. The van der Waals surface area contributed by atoms with Crippen molar-refractivity contribution in [3.8, 4) is 11.4 Å². The second-order valence-corrected chi connectivity index (χ2v) is 7.01. The largest absolute Gasteiger partial charge is 0.345 e. The van der Waals surface area contributed by atoms with Crippen molar-refractivity contribution >= 4 is 29.0 Å². The predicted molar refractivity (Wildman–Crippen MR) is 107 cm³/mol. The van der Waals surface area contributed by atoms with Crippen LogP contribution in [-0.2, 0) is 4.79 Å². The number of carbonyl (C=O) groups is 2. The van der Waals surface area contributed by atoms with Crippen molar-refractivity contribution in [3.05, 3.63) is 64.7 Å². The number of pyridine rings is 1. The zero-order chi connectivity index (χ0) is 19.4. The van der Waals surface area contributed by atoms with Gasteiger partial charge in [-0.15, -0.1) is 0 Å². The topological polar surface area (TPSA) is 84.0 Å². The second-order valence-electron chi connectivity index (χ2n) is 6.24. The van der Waals surface area contributed by atoms with Crippen molar-refractivity contribution in [3.63, 3.8) is 0 Å². The number of hydrogen-bond donors (Lipinski definition) is 2. The first kappa shape index (κ1) is 18.7. The summed E-state index contributed by atoms with van der Waals surface area (Å²) in [4.78, 5) is 29.1. The molecule has 1 atom stereocenters. The molecule has 2 aromatic heterocycles. The lowest BCUT2D eigenvalue weighted by molar-refractivity contribution is -0.114. The molecule has 0 aliphatic heterocycles. The minimum atomic E-state index is -0.286. The van der Waals surface area contributed by atoms with Crippen LogP contribution in [0.15, 0.2) is 48.7 Å². The van der Waals surface area contributed by atoms with E-state index in [-0.39, 0.29) is 17.9 Å². The highest BCUT2D eigenvalue weighted by molar-refractivity contribution is 7.09. The molecule has 0 fully saturated rings. The number of nitrogens with zero attached hydrogens (tertiary/aromatic N) is 2. The fourth-order valence-electron chi connectivity index (χ4n) is 2.62. The van der Waals surface area contributed by atoms with Crippen LogP contribution >= 0.6 is 11.5 Å². The van der Waals surface area contributed by atoms with Crippen molar-refractivity contribution in [2.75, 3.05) is 5.32 Å². The number of benzene rings is 1. The summed E-state index contributed by atoms with van der Waals surface area (Å²) in [5.41, 5.74) is 3.64. The molecule has 0 bridgehead atoms. The number of rotatable bonds is 5. The summed E-state index contributed by atoms with van der Waals surface area (Å²) in [6.45, 7) is 5.33. The lowest BCUT2D eigenvalue weighted by Crippen LogP contribution is -2.27. The number of hydrogen-bond acceptors (Lipinski definition) is 5. The predicted octanol–water partition coefficient (Wildman–Crippen LogP) is 3.96. The first-order valence-electron chi connectivity index (χ1n) is 8.52. The molecule has 0 spiro atoms. The number of anilines is 1. The third-order valence-corrected chi connectivity index (χ3v) is 4.88. The molecule has 7 heteroatoms. The summed E-state index contributed by atoms with van der Waals surface area (Å²) in [7, 11) is 0. The summed E-state index contributed by atoms with van der Waals surface area (Å²) >= 11 is 1.04. The lowest BCUT2D eigenvalue weighted by atomic mass is 10.1. The highest BCUT2D eigenvalue weighted by atomic mass is 32.1. The Balaban J connectivity index is 1.88. The third kappa shape index (κ3) is 4.38. The number of nitrogens with one attached hydrogen (secondary N) is 2. The Hall–Kier alpha value is -3.06. The van der Waals surface area contributed by atoms with Gasteiger partial charge in [0.1, 0.15) is 10.6 Å². The summed E-state index contributed by atoms with van der Waals surface area (Å²) in [5, 5.41) is 5.70. The first-order chi connectivity index (χ1) is 13.0. The highest BCUT2D eigenvalue weighted by Crippen LogP contribution is 2.32. The van der Waals surface area contributed by atoms with Crippen LogP contribution in [0.4, 0.5) is 5.69 Å². The standard InChI is InChI=1S/C20H20N4O2S/c1-12-7-9-15(10-8-12)13(2)22-20(26)19-18(23-14(3)25)17(24-27-19)16-6-4-5-11-21-16/h4-11,13H,1-3H3,(H,22,26)(H,23,25)/t13-/m0/s1. The van der Waals surface area contributed by atoms with Crippen LogP contribution < -0.4 is 10.6 Å². The van der Waals surface area contributed by atoms with Gasteiger partial charge in [-0.25, -0.2) is 0 Å². The summed E-state index contributed by atoms with van der Waals surface area (Å²) in [6, 6.07) is 13.2. The maximum atomic E-state index is 12.8. The molecule has 0 unspecified atom stereocenters. The maximum Gasteiger partial charge on any atom is 0.265 e. The van der Waals surface area contributed by atoms with Gasteiger partial charge < -0.3 is 10.6 Å². The summed E-state index contributed by atoms with van der Waals surface area (Å²) < 4.78 is 4.36. The van der Waals surface area contributed by atoms with E-state index in [1.165, 1.54) is 6.92 Å². The van der Waals surface area contributed by atoms with Crippen molar-refractivity contribution < 1.29 is 9.59 Å². The van der Waals surface area contributed by atoms with E-state index in [1.54, 1.807) is 18.3 Å². The van der Waals surface area contributed by atoms with E-state index in [0.29, 0.717) is 22.0 Å². The van der Waals surface area contributed by atoms with Gasteiger partial charge in [-0.2, -0.15) is 4.37 Å². The van der Waals surface area contributed by atoms with Crippen LogP contribution in [-0.4, -0.2) is 21.2 Å². The van der Waals surface area contributed by atoms with Gasteiger partial charge in [0.2, 0.25) is 5.91 Å². The van der Waals surface area contributed by atoms with Crippen LogP contribution in [0, 0.1) is 6.92 Å². The van der Waals surface area contributed by atoms with Crippen LogP contribution in [0.2, 0.25) is 0 Å². The minimum Gasteiger partial charge on any atom is -0.345 e. The lowest BCUT2D eigenvalue weighted by Gasteiger charge is -2.14. The maximum absolute atomic E-state index is 12.8. The van der Waals surface area contributed by atoms with Gasteiger partial charge in [0.05, 0.1) is 17.4 Å². The highest BCUT2D eigenvalue weighted by Gasteiger charge is 2.23. The number of aryl methyl sites for hydroxylation is 1. The molecule has 6 nitrogen and oxygen atoms in total. The molecule has 0 aliphatic rings. The Morgan fingerprint density at radius 2 is 1.85 bits per heavy atom. The molecule has 3 aromatic rings. The normalized spacial score (nSPS) is 11.7. The molecule has 2 heterocycles. The average Bonchev–Trinajstić information content (AvgIpc) is 3.06. The van der Waals surface area contributed by atoms with Crippen molar-refractivity contribution in [2.24, 2.45) is 0 Å². The smallest absolute Gasteiger partial charge is 0.265 e. The fraction of sp³-hybridized carbons (Fsp3) is 0.200. The van der Waals surface area contributed by atoms with E-state index in [4.69, 9.17) is 0 Å². The zero-order valence-corrected chi connectivity index (χ0v) is 16.1. The Kier molecular flexibility index (Phi) is 5.61. The van der Waals surface area contributed by atoms with Gasteiger partial charge in [0.25, 0.3) is 5.91 Å². The number of amides is 2. The summed E-state index contributed by atoms with van der Waals surface area (Å²) in [5.74, 6) is -0.556. The van der Waals surface area contributed by atoms with E-state index < -0.39 is 0 Å². The molecule has 3 rings (SSSR count). The molecular weight excluding hydrogens is 360 g/mol. The molecular formula is C20H20N4O2S. The van der Waals surface area contributed by atoms with E-state index in [1.807, 2.05) is 44.2 Å². The van der Waals surface area contributed by atoms with Gasteiger partial charge in [-0.3, -0.25) is 14.6 Å². The van der Waals surface area contributed by atoms with Crippen molar-refractivity contribution in [2.45, 2.75) is 26.8 Å². The van der Waals surface area contributed by atoms with E-state index in [0.717, 1.165) is 22.7 Å². The third-order valence-electron chi connectivity index (χ3n) is 4.03. The van der Waals surface area contributed by atoms with E-state index in [2.05, 4.69) is 20.0 Å². The van der Waals surface area contributed by atoms with Gasteiger partial charge in [0.15, 0.2) is 0 Å². The van der Waals surface area contributed by atoms with Crippen LogP contribution in [0.25, 0.3) is 11.4 Å². The molecule has 138 valence electrons. The van der Waals surface area contributed by atoms with E-state index >= 15 is 0 Å². The molecule has 0 aliphatic carbocycles. The Labute approximate surface area is 161 Å². The van der Waals surface area contributed by atoms with Gasteiger partial charge in [-0.05, 0) is 43.1 Å². The fourth-order valence-corrected chi connectivity index (χ4v) is 3.36. The number of carbonyl (C=O) groups excluding carboxylic acids is 2. The van der Waals surface area contributed by atoms with Crippen LogP contribution in [0.5, 0.6) is 0 Å².